The van der Waals surface area contributed by atoms with Gasteiger partial charge in [0.25, 0.3) is 5.91 Å². The zero-order valence-electron chi connectivity index (χ0n) is 16.1. The number of halogens is 2. The van der Waals surface area contributed by atoms with Crippen LogP contribution >= 0.6 is 11.3 Å². The van der Waals surface area contributed by atoms with E-state index < -0.39 is 23.2 Å². The summed E-state index contributed by atoms with van der Waals surface area (Å²) >= 11 is 1.21. The third kappa shape index (κ3) is 3.54. The van der Waals surface area contributed by atoms with Crippen LogP contribution in [0.25, 0.3) is 22.4 Å². The van der Waals surface area contributed by atoms with Gasteiger partial charge in [0.15, 0.2) is 11.5 Å². The van der Waals surface area contributed by atoms with Gasteiger partial charge in [-0.3, -0.25) is 4.79 Å². The van der Waals surface area contributed by atoms with Crippen molar-refractivity contribution in [2.24, 2.45) is 0 Å². The van der Waals surface area contributed by atoms with Crippen molar-refractivity contribution in [1.29, 1.82) is 0 Å². The molecule has 5 rings (SSSR count). The number of pyridine rings is 1. The van der Waals surface area contributed by atoms with Crippen molar-refractivity contribution in [2.45, 2.75) is 0 Å². The molecular weight excluding hydrogens is 436 g/mol. The Hall–Kier alpha value is -4.25. The van der Waals surface area contributed by atoms with E-state index in [1.807, 2.05) is 0 Å². The summed E-state index contributed by atoms with van der Waals surface area (Å²) in [6.07, 6.45) is 4.30. The molecule has 0 radical (unpaired) electrons. The van der Waals surface area contributed by atoms with Crippen LogP contribution < -0.4 is 10.6 Å². The fraction of sp³-hybridized carbons (Fsp3) is 0. The molecule has 0 spiro atoms. The number of nitrogens with one attached hydrogen (secondary N) is 3. The molecule has 4 aromatic heterocycles. The van der Waals surface area contributed by atoms with Crippen LogP contribution in [0.3, 0.4) is 0 Å². The lowest BCUT2D eigenvalue weighted by Crippen LogP contribution is -2.13. The van der Waals surface area contributed by atoms with Gasteiger partial charge in [0, 0.05) is 11.8 Å². The monoisotopic (exact) mass is 449 g/mol. The summed E-state index contributed by atoms with van der Waals surface area (Å²) in [4.78, 5) is 32.3. The van der Waals surface area contributed by atoms with Gasteiger partial charge in [-0.1, -0.05) is 6.07 Å². The molecule has 4 heterocycles. The van der Waals surface area contributed by atoms with E-state index in [1.54, 1.807) is 29.6 Å². The number of anilines is 3. The number of fused-ring (bicyclic) bond motifs is 1. The zero-order chi connectivity index (χ0) is 22.1. The predicted octanol–water partition coefficient (Wildman–Crippen LogP) is 4.75. The highest BCUT2D eigenvalue weighted by atomic mass is 32.1. The van der Waals surface area contributed by atoms with Crippen molar-refractivity contribution in [1.82, 2.24) is 24.9 Å². The Morgan fingerprint density at radius 1 is 1.03 bits per heavy atom. The van der Waals surface area contributed by atoms with Crippen LogP contribution in [0.4, 0.5) is 26.0 Å². The summed E-state index contributed by atoms with van der Waals surface area (Å²) in [7, 11) is 0. The highest BCUT2D eigenvalue weighted by Gasteiger charge is 2.20. The van der Waals surface area contributed by atoms with E-state index in [2.05, 4.69) is 35.6 Å². The summed E-state index contributed by atoms with van der Waals surface area (Å²) in [6.45, 7) is 0. The molecule has 0 aliphatic rings. The van der Waals surface area contributed by atoms with Crippen LogP contribution in [0, 0.1) is 11.6 Å². The topological polar surface area (TPSA) is 108 Å². The van der Waals surface area contributed by atoms with E-state index in [0.717, 1.165) is 6.07 Å². The van der Waals surface area contributed by atoms with Crippen LogP contribution in [0.1, 0.15) is 9.67 Å². The molecule has 3 N–H and O–H groups in total. The molecular formula is C21H13F2N7OS. The Balaban J connectivity index is 1.53. The molecule has 0 atom stereocenters. The smallest absolute Gasteiger partial charge is 0.265 e. The predicted molar refractivity (Wildman–Crippen MR) is 117 cm³/mol. The number of hydrogen-bond donors (Lipinski definition) is 3. The third-order valence-corrected chi connectivity index (χ3v) is 5.48. The number of H-pyrrole nitrogens is 1. The van der Waals surface area contributed by atoms with Crippen LogP contribution in [-0.4, -0.2) is 30.8 Å². The second kappa shape index (κ2) is 8.12. The molecule has 1 aromatic carbocycles. The van der Waals surface area contributed by atoms with Gasteiger partial charge in [0.2, 0.25) is 0 Å². The molecule has 0 fully saturated rings. The van der Waals surface area contributed by atoms with Crippen molar-refractivity contribution in [3.63, 3.8) is 0 Å². The molecule has 0 saturated heterocycles. The lowest BCUT2D eigenvalue weighted by molar-refractivity contribution is 0.103. The van der Waals surface area contributed by atoms with Gasteiger partial charge in [-0.2, -0.15) is 0 Å². The maximum Gasteiger partial charge on any atom is 0.265 e. The molecule has 0 bridgehead atoms. The van der Waals surface area contributed by atoms with E-state index in [0.29, 0.717) is 27.3 Å². The Morgan fingerprint density at radius 2 is 1.94 bits per heavy atom. The Labute approximate surface area is 183 Å². The molecule has 5 aromatic rings. The van der Waals surface area contributed by atoms with Crippen LogP contribution in [0.15, 0.2) is 60.6 Å². The van der Waals surface area contributed by atoms with Crippen molar-refractivity contribution >= 4 is 45.6 Å². The first-order valence-corrected chi connectivity index (χ1v) is 10.2. The second-order valence-electron chi connectivity index (χ2n) is 6.56. The Kier molecular flexibility index (Phi) is 5.00. The number of aromatic amines is 1. The summed E-state index contributed by atoms with van der Waals surface area (Å²) in [5.74, 6) is -2.12. The maximum absolute atomic E-state index is 15.2. The highest BCUT2D eigenvalue weighted by Crippen LogP contribution is 2.33. The molecule has 0 aliphatic heterocycles. The Bertz CT molecular complexity index is 1440. The molecule has 158 valence electrons. The average Bonchev–Trinajstić information content (AvgIpc) is 3.51. The average molecular weight is 449 g/mol. The normalized spacial score (nSPS) is 10.9. The molecule has 0 aliphatic carbocycles. The van der Waals surface area contributed by atoms with Crippen LogP contribution in [0.2, 0.25) is 0 Å². The first kappa shape index (κ1) is 19.7. The van der Waals surface area contributed by atoms with Crippen molar-refractivity contribution in [3.8, 4) is 11.3 Å². The lowest BCUT2D eigenvalue weighted by atomic mass is 10.1. The van der Waals surface area contributed by atoms with E-state index in [9.17, 15) is 9.18 Å². The van der Waals surface area contributed by atoms with Gasteiger partial charge in [0.1, 0.15) is 34.9 Å². The summed E-state index contributed by atoms with van der Waals surface area (Å²) in [5, 5.41) is 6.91. The largest absolute Gasteiger partial charge is 0.341 e. The number of hydrogen-bond acceptors (Lipinski definition) is 7. The molecule has 1 amide bonds. The molecule has 8 nitrogen and oxygen atoms in total. The van der Waals surface area contributed by atoms with E-state index >= 15 is 4.39 Å². The minimum absolute atomic E-state index is 0.164. The number of benzene rings is 1. The quantitative estimate of drug-likeness (QED) is 0.357. The van der Waals surface area contributed by atoms with Gasteiger partial charge in [-0.25, -0.2) is 28.7 Å². The first-order chi connectivity index (χ1) is 15.6. The third-order valence-electron chi connectivity index (χ3n) is 4.61. The highest BCUT2D eigenvalue weighted by molar-refractivity contribution is 7.12. The second-order valence-corrected chi connectivity index (χ2v) is 7.51. The van der Waals surface area contributed by atoms with Gasteiger partial charge in [0.05, 0.1) is 16.9 Å². The Morgan fingerprint density at radius 3 is 2.78 bits per heavy atom. The van der Waals surface area contributed by atoms with Gasteiger partial charge < -0.3 is 15.6 Å². The number of rotatable bonds is 5. The minimum atomic E-state index is -0.958. The molecule has 0 unspecified atom stereocenters. The number of carbonyl (C=O) groups is 1. The number of nitrogens with zero attached hydrogens (tertiary/aromatic N) is 4. The molecule has 11 heteroatoms. The summed E-state index contributed by atoms with van der Waals surface area (Å²) in [5.41, 5.74) is 1.33. The molecule has 32 heavy (non-hydrogen) atoms. The van der Waals surface area contributed by atoms with E-state index in [-0.39, 0.29) is 11.5 Å². The van der Waals surface area contributed by atoms with Crippen LogP contribution in [-0.2, 0) is 0 Å². The standard InChI is InChI=1S/C21H13F2N7OS/c22-12-5-6-13(29-21(31)14-4-2-8-32-14)15(23)17(12)30-19-11(3-1-7-24-19)16-18-20(27-9-25-16)28-10-26-18/h1-10H,(H,24,30)(H,29,31)(H,25,26,27,28). The fourth-order valence-electron chi connectivity index (χ4n) is 3.14. The number of amides is 1. The maximum atomic E-state index is 15.2. The van der Waals surface area contributed by atoms with E-state index in [4.69, 9.17) is 0 Å². The van der Waals surface area contributed by atoms with E-state index in [1.165, 1.54) is 36.3 Å². The van der Waals surface area contributed by atoms with Crippen molar-refractivity contribution in [3.05, 3.63) is 77.1 Å². The zero-order valence-corrected chi connectivity index (χ0v) is 17.0. The summed E-state index contributed by atoms with van der Waals surface area (Å²) < 4.78 is 29.8. The number of carbonyl (C=O) groups excluding carboxylic acids is 1. The van der Waals surface area contributed by atoms with Crippen LogP contribution in [0.5, 0.6) is 0 Å². The number of aromatic nitrogens is 5. The van der Waals surface area contributed by atoms with Gasteiger partial charge >= 0.3 is 0 Å². The lowest BCUT2D eigenvalue weighted by Gasteiger charge is -2.14. The van der Waals surface area contributed by atoms with Crippen molar-refractivity contribution < 1.29 is 13.6 Å². The molecule has 0 saturated carbocycles. The SMILES string of the molecule is O=C(Nc1ccc(F)c(Nc2ncccc2-c2ncnc3nc[nH]c23)c1F)c1cccs1. The summed E-state index contributed by atoms with van der Waals surface area (Å²) in [6, 6.07) is 8.93. The van der Waals surface area contributed by atoms with Gasteiger partial charge in [-0.15, -0.1) is 11.3 Å². The number of imidazole rings is 1. The van der Waals surface area contributed by atoms with Gasteiger partial charge in [-0.05, 0) is 35.7 Å². The minimum Gasteiger partial charge on any atom is -0.341 e. The fourth-order valence-corrected chi connectivity index (χ4v) is 3.76. The van der Waals surface area contributed by atoms with Crippen molar-refractivity contribution in [2.75, 3.05) is 10.6 Å². The first-order valence-electron chi connectivity index (χ1n) is 9.31. The number of thiophene rings is 1.